The van der Waals surface area contributed by atoms with Crippen LogP contribution in [0.3, 0.4) is 0 Å². The predicted octanol–water partition coefficient (Wildman–Crippen LogP) is 7.46. The van der Waals surface area contributed by atoms with Gasteiger partial charge in [0.15, 0.2) is 0 Å². The third-order valence-corrected chi connectivity index (χ3v) is 11.1. The first-order chi connectivity index (χ1) is 24.3. The smallest absolute Gasteiger partial charge is 0.258 e. The summed E-state index contributed by atoms with van der Waals surface area (Å²) in [5, 5.41) is 18.6. The number of aliphatic hydroxyl groups excluding tert-OH is 1. The van der Waals surface area contributed by atoms with E-state index in [1.54, 1.807) is 29.0 Å². The highest BCUT2D eigenvalue weighted by Gasteiger charge is 2.43. The summed E-state index contributed by atoms with van der Waals surface area (Å²) in [6.45, 7) is 2.41. The van der Waals surface area contributed by atoms with Crippen molar-refractivity contribution in [2.24, 2.45) is 0 Å². The third-order valence-electron chi connectivity index (χ3n) is 11.1. The number of aromatic nitrogens is 1. The van der Waals surface area contributed by atoms with E-state index in [0.29, 0.717) is 6.42 Å². The van der Waals surface area contributed by atoms with Gasteiger partial charge in [-0.3, -0.25) is 9.59 Å². The molecule has 1 unspecified atom stereocenters. The first-order valence-corrected chi connectivity index (χ1v) is 18.4. The number of ether oxygens (including phenoxy) is 1. The number of nitrogens with one attached hydrogen (secondary N) is 2. The second kappa shape index (κ2) is 14.9. The minimum absolute atomic E-state index is 0.00405. The van der Waals surface area contributed by atoms with Gasteiger partial charge in [0.05, 0.1) is 23.3 Å². The Labute approximate surface area is 293 Å². The molecule has 8 heteroatoms. The van der Waals surface area contributed by atoms with Crippen molar-refractivity contribution >= 4 is 5.91 Å². The fourth-order valence-corrected chi connectivity index (χ4v) is 8.31. The Morgan fingerprint density at radius 1 is 0.960 bits per heavy atom. The average Bonchev–Trinajstić information content (AvgIpc) is 3.84. The van der Waals surface area contributed by atoms with Gasteiger partial charge in [0.2, 0.25) is 0 Å². The number of pyridine rings is 1. The quantitative estimate of drug-likeness (QED) is 0.153. The van der Waals surface area contributed by atoms with Gasteiger partial charge in [-0.05, 0) is 80.7 Å². The van der Waals surface area contributed by atoms with E-state index in [2.05, 4.69) is 35.8 Å². The lowest BCUT2D eigenvalue weighted by Gasteiger charge is -2.41. The highest BCUT2D eigenvalue weighted by Crippen LogP contribution is 2.47. The Morgan fingerprint density at radius 3 is 2.44 bits per heavy atom. The van der Waals surface area contributed by atoms with Crippen molar-refractivity contribution in [1.29, 1.82) is 0 Å². The van der Waals surface area contributed by atoms with Crippen molar-refractivity contribution in [1.82, 2.24) is 15.2 Å². The topological polar surface area (TPSA) is 92.6 Å². The molecule has 7 nitrogen and oxygen atoms in total. The molecule has 7 rings (SSSR count). The number of carbonyl (C=O) groups is 1. The fourth-order valence-electron chi connectivity index (χ4n) is 8.31. The molecule has 50 heavy (non-hydrogen) atoms. The van der Waals surface area contributed by atoms with Gasteiger partial charge in [0, 0.05) is 42.4 Å². The Kier molecular flexibility index (Phi) is 10.2. The molecular formula is C42H48FN3O4. The van der Waals surface area contributed by atoms with Crippen LogP contribution < -0.4 is 20.9 Å². The van der Waals surface area contributed by atoms with Crippen LogP contribution in [0.2, 0.25) is 0 Å². The summed E-state index contributed by atoms with van der Waals surface area (Å²) in [5.41, 5.74) is 3.45. The van der Waals surface area contributed by atoms with Crippen LogP contribution in [0, 0.1) is 5.82 Å². The monoisotopic (exact) mass is 677 g/mol. The summed E-state index contributed by atoms with van der Waals surface area (Å²) in [7, 11) is 0. The first-order valence-electron chi connectivity index (χ1n) is 18.4. The molecule has 3 aromatic carbocycles. The van der Waals surface area contributed by atoms with Gasteiger partial charge >= 0.3 is 0 Å². The van der Waals surface area contributed by atoms with Crippen molar-refractivity contribution in [2.75, 3.05) is 6.54 Å². The molecule has 1 aromatic heterocycles. The molecule has 0 saturated heterocycles. The van der Waals surface area contributed by atoms with Gasteiger partial charge in [-0.25, -0.2) is 4.39 Å². The van der Waals surface area contributed by atoms with Gasteiger partial charge in [-0.2, -0.15) is 0 Å². The molecule has 3 N–H and O–H groups in total. The molecule has 262 valence electrons. The molecule has 2 heterocycles. The van der Waals surface area contributed by atoms with E-state index in [9.17, 15) is 14.7 Å². The third kappa shape index (κ3) is 7.28. The second-order valence-corrected chi connectivity index (χ2v) is 14.5. The summed E-state index contributed by atoms with van der Waals surface area (Å²) in [5.74, 6) is -0.00791. The van der Waals surface area contributed by atoms with Gasteiger partial charge in [-0.1, -0.05) is 80.4 Å². The molecule has 0 bridgehead atoms. The number of aliphatic hydroxyl groups is 1. The summed E-state index contributed by atoms with van der Waals surface area (Å²) < 4.78 is 23.3. The van der Waals surface area contributed by atoms with Crippen LogP contribution in [-0.2, 0) is 12.8 Å². The zero-order valence-electron chi connectivity index (χ0n) is 28.9. The minimum Gasteiger partial charge on any atom is -0.487 e. The van der Waals surface area contributed by atoms with E-state index in [-0.39, 0.29) is 46.5 Å². The summed E-state index contributed by atoms with van der Waals surface area (Å²) in [6.07, 6.45) is 10.9. The van der Waals surface area contributed by atoms with Crippen LogP contribution >= 0.6 is 0 Å². The lowest BCUT2D eigenvalue weighted by Crippen LogP contribution is -2.50. The molecular weight excluding hydrogens is 629 g/mol. The molecule has 3 aliphatic rings. The van der Waals surface area contributed by atoms with E-state index < -0.39 is 23.9 Å². The number of rotatable bonds is 11. The molecule has 4 aromatic rings. The summed E-state index contributed by atoms with van der Waals surface area (Å²) >= 11 is 0. The SMILES string of the molecule is CCc1ccc2c(c1)C(NC[C@@H](O)[C@H](Cc1ccccc1)NC(=O)c1cc(-c3ccccc3F)c(=O)n(C3CCCC3)c1)CC1(CCCC1)O2. The maximum Gasteiger partial charge on any atom is 0.258 e. The zero-order valence-corrected chi connectivity index (χ0v) is 28.9. The van der Waals surface area contributed by atoms with E-state index >= 15 is 4.39 Å². The molecule has 1 spiro atoms. The van der Waals surface area contributed by atoms with Gasteiger partial charge in [0.25, 0.3) is 11.5 Å². The van der Waals surface area contributed by atoms with Crippen LogP contribution in [0.5, 0.6) is 5.75 Å². The van der Waals surface area contributed by atoms with Crippen molar-refractivity contribution in [3.8, 4) is 16.9 Å². The van der Waals surface area contributed by atoms with Crippen LogP contribution in [0.25, 0.3) is 11.1 Å². The predicted molar refractivity (Wildman–Crippen MR) is 194 cm³/mol. The Hall–Kier alpha value is -4.27. The van der Waals surface area contributed by atoms with Gasteiger partial charge in [-0.15, -0.1) is 0 Å². The van der Waals surface area contributed by atoms with Crippen LogP contribution in [0.4, 0.5) is 4.39 Å². The highest BCUT2D eigenvalue weighted by molar-refractivity contribution is 5.95. The number of fused-ring (bicyclic) bond motifs is 1. The number of halogens is 1. The minimum atomic E-state index is -0.925. The van der Waals surface area contributed by atoms with Crippen LogP contribution in [-0.4, -0.2) is 39.9 Å². The average molecular weight is 678 g/mol. The lowest BCUT2D eigenvalue weighted by atomic mass is 9.85. The van der Waals surface area contributed by atoms with Crippen molar-refractivity contribution in [2.45, 2.75) is 107 Å². The Bertz CT molecular complexity index is 1860. The fraction of sp³-hybridized carbons (Fsp3) is 0.429. The molecule has 2 saturated carbocycles. The van der Waals surface area contributed by atoms with E-state index in [1.807, 2.05) is 30.3 Å². The molecule has 2 aliphatic carbocycles. The molecule has 2 fully saturated rings. The summed E-state index contributed by atoms with van der Waals surface area (Å²) in [4.78, 5) is 27.9. The number of hydrogen-bond acceptors (Lipinski definition) is 5. The zero-order chi connectivity index (χ0) is 34.7. The highest BCUT2D eigenvalue weighted by atomic mass is 19.1. The largest absolute Gasteiger partial charge is 0.487 e. The van der Waals surface area contributed by atoms with Crippen LogP contribution in [0.1, 0.15) is 104 Å². The number of amides is 1. The number of nitrogens with zero attached hydrogens (tertiary/aromatic N) is 1. The Morgan fingerprint density at radius 2 is 1.70 bits per heavy atom. The number of benzene rings is 3. The Balaban J connectivity index is 1.16. The number of aryl methyl sites for hydroxylation is 1. The number of hydrogen-bond donors (Lipinski definition) is 3. The maximum atomic E-state index is 15.0. The molecule has 3 atom stereocenters. The lowest BCUT2D eigenvalue weighted by molar-refractivity contribution is 0.0326. The molecule has 0 radical (unpaired) electrons. The van der Waals surface area contributed by atoms with Gasteiger partial charge in [0.1, 0.15) is 17.2 Å². The van der Waals surface area contributed by atoms with Crippen molar-refractivity contribution in [3.05, 3.63) is 123 Å². The van der Waals surface area contributed by atoms with E-state index in [1.165, 1.54) is 17.7 Å². The van der Waals surface area contributed by atoms with Crippen molar-refractivity contribution in [3.63, 3.8) is 0 Å². The van der Waals surface area contributed by atoms with Gasteiger partial charge < -0.3 is 25.0 Å². The normalized spacial score (nSPS) is 19.5. The molecule has 1 amide bonds. The first kappa shape index (κ1) is 34.2. The second-order valence-electron chi connectivity index (χ2n) is 14.5. The standard InChI is InChI=1S/C42H48FN3O4/c1-2-28-18-19-39-34(22-28)37(25-42(50-39)20-10-11-21-42)44-26-38(47)36(23-29-12-4-3-5-13-29)45-40(48)30-24-33(32-16-8-9-17-35(32)43)41(49)46(27-30)31-14-6-7-15-31/h3-5,8-9,12-13,16-19,22,24,27,31,36-38,44,47H,2,6-7,10-11,14-15,20-21,23,25-26H2,1H3,(H,45,48)/t36-,37?,38+/m0/s1. The van der Waals surface area contributed by atoms with Crippen LogP contribution in [0.15, 0.2) is 89.9 Å². The molecule has 1 aliphatic heterocycles. The summed E-state index contributed by atoms with van der Waals surface area (Å²) in [6, 6.07) is 23.3. The van der Waals surface area contributed by atoms with Crippen molar-refractivity contribution < 1.29 is 19.0 Å². The van der Waals surface area contributed by atoms with E-state index in [4.69, 9.17) is 4.74 Å². The van der Waals surface area contributed by atoms with E-state index in [0.717, 1.165) is 81.1 Å². The number of carbonyl (C=O) groups excluding carboxylic acids is 1. The maximum absolute atomic E-state index is 15.0.